The van der Waals surface area contributed by atoms with E-state index in [1.54, 1.807) is 0 Å². The second-order valence-electron chi connectivity index (χ2n) is 6.81. The van der Waals surface area contributed by atoms with Crippen LogP contribution in [-0.2, 0) is 19.9 Å². The molecular formula is C20H30F2IN5. The fourth-order valence-electron chi connectivity index (χ4n) is 3.08. The van der Waals surface area contributed by atoms with Crippen LogP contribution in [0.4, 0.5) is 8.78 Å². The summed E-state index contributed by atoms with van der Waals surface area (Å²) in [6.07, 6.45) is 1.31. The van der Waals surface area contributed by atoms with Gasteiger partial charge in [0.15, 0.2) is 5.96 Å². The van der Waals surface area contributed by atoms with Crippen molar-refractivity contribution in [3.63, 3.8) is 0 Å². The summed E-state index contributed by atoms with van der Waals surface area (Å²) in [5.74, 6) is -0.425. The third kappa shape index (κ3) is 7.03. The van der Waals surface area contributed by atoms with Crippen LogP contribution in [0.5, 0.6) is 0 Å². The number of guanidine groups is 1. The highest BCUT2D eigenvalue weighted by atomic mass is 127. The highest BCUT2D eigenvalue weighted by Gasteiger charge is 2.14. The summed E-state index contributed by atoms with van der Waals surface area (Å²) in [6.45, 7) is 9.36. The monoisotopic (exact) mass is 505 g/mol. The third-order valence-electron chi connectivity index (χ3n) is 4.49. The van der Waals surface area contributed by atoms with Crippen LogP contribution < -0.4 is 10.6 Å². The van der Waals surface area contributed by atoms with Gasteiger partial charge < -0.3 is 10.6 Å². The van der Waals surface area contributed by atoms with Gasteiger partial charge in [-0.2, -0.15) is 5.10 Å². The Hall–Kier alpha value is -1.71. The Labute approximate surface area is 183 Å². The smallest absolute Gasteiger partial charge is 0.191 e. The molecule has 0 saturated carbocycles. The quantitative estimate of drug-likeness (QED) is 0.343. The first kappa shape index (κ1) is 24.3. The van der Waals surface area contributed by atoms with Crippen LogP contribution in [0.25, 0.3) is 0 Å². The van der Waals surface area contributed by atoms with Gasteiger partial charge in [-0.3, -0.25) is 9.67 Å². The minimum atomic E-state index is -0.560. The number of nitrogens with one attached hydrogen (secondary N) is 2. The second-order valence-corrected chi connectivity index (χ2v) is 6.81. The van der Waals surface area contributed by atoms with Gasteiger partial charge in [-0.25, -0.2) is 8.78 Å². The summed E-state index contributed by atoms with van der Waals surface area (Å²) >= 11 is 0. The number of hydrogen-bond acceptors (Lipinski definition) is 2. The second kappa shape index (κ2) is 11.3. The Bertz CT molecular complexity index is 784. The maximum atomic E-state index is 13.3. The van der Waals surface area contributed by atoms with Gasteiger partial charge in [0.1, 0.15) is 11.6 Å². The Balaban J connectivity index is 0.00000392. The van der Waals surface area contributed by atoms with E-state index in [1.165, 1.54) is 17.7 Å². The highest BCUT2D eigenvalue weighted by molar-refractivity contribution is 14.0. The van der Waals surface area contributed by atoms with E-state index in [2.05, 4.69) is 34.6 Å². The van der Waals surface area contributed by atoms with Crippen molar-refractivity contribution in [2.24, 2.45) is 12.0 Å². The van der Waals surface area contributed by atoms with E-state index in [0.29, 0.717) is 24.5 Å². The van der Waals surface area contributed by atoms with Crippen molar-refractivity contribution in [1.82, 2.24) is 20.4 Å². The lowest BCUT2D eigenvalue weighted by Gasteiger charge is -2.18. The van der Waals surface area contributed by atoms with Gasteiger partial charge in [0.05, 0.1) is 5.69 Å². The van der Waals surface area contributed by atoms with Crippen LogP contribution in [0, 0.1) is 25.5 Å². The molecule has 0 aliphatic heterocycles. The van der Waals surface area contributed by atoms with Gasteiger partial charge in [-0.1, -0.05) is 0 Å². The van der Waals surface area contributed by atoms with Gasteiger partial charge >= 0.3 is 0 Å². The molecule has 2 aromatic rings. The lowest BCUT2D eigenvalue weighted by atomic mass is 10.1. The average Bonchev–Trinajstić information content (AvgIpc) is 2.80. The number of aliphatic imine (C=N–C) groups is 1. The number of hydrogen-bond donors (Lipinski definition) is 2. The van der Waals surface area contributed by atoms with E-state index in [4.69, 9.17) is 0 Å². The molecule has 0 spiro atoms. The highest BCUT2D eigenvalue weighted by Crippen LogP contribution is 2.14. The summed E-state index contributed by atoms with van der Waals surface area (Å²) in [4.78, 5) is 4.53. The number of benzene rings is 1. The van der Waals surface area contributed by atoms with Gasteiger partial charge in [0, 0.05) is 37.9 Å². The predicted molar refractivity (Wildman–Crippen MR) is 120 cm³/mol. The Morgan fingerprint density at radius 3 is 2.39 bits per heavy atom. The van der Waals surface area contributed by atoms with Gasteiger partial charge in [-0.15, -0.1) is 24.0 Å². The Kier molecular flexibility index (Phi) is 9.84. The number of nitrogens with zero attached hydrogens (tertiary/aromatic N) is 3. The molecule has 2 rings (SSSR count). The minimum absolute atomic E-state index is 0. The molecule has 1 heterocycles. The number of aryl methyl sites for hydroxylation is 2. The number of rotatable bonds is 7. The number of aromatic nitrogens is 2. The van der Waals surface area contributed by atoms with Crippen LogP contribution in [0.3, 0.4) is 0 Å². The van der Waals surface area contributed by atoms with Crippen LogP contribution in [0.15, 0.2) is 23.2 Å². The van der Waals surface area contributed by atoms with Crippen molar-refractivity contribution in [3.05, 3.63) is 52.3 Å². The topological polar surface area (TPSA) is 54.2 Å². The lowest BCUT2D eigenvalue weighted by molar-refractivity contribution is 0.579. The first-order chi connectivity index (χ1) is 12.8. The molecule has 1 unspecified atom stereocenters. The summed E-state index contributed by atoms with van der Waals surface area (Å²) in [7, 11) is 1.95. The summed E-state index contributed by atoms with van der Waals surface area (Å²) in [6, 6.07) is 3.73. The normalized spacial score (nSPS) is 12.5. The summed E-state index contributed by atoms with van der Waals surface area (Å²) in [5.41, 5.74) is 4.04. The molecule has 0 fully saturated rings. The van der Waals surface area contributed by atoms with E-state index in [9.17, 15) is 8.78 Å². The van der Waals surface area contributed by atoms with Crippen LogP contribution in [-0.4, -0.2) is 34.9 Å². The molecule has 1 aromatic carbocycles. The van der Waals surface area contributed by atoms with Crippen LogP contribution >= 0.6 is 24.0 Å². The molecule has 0 radical (unpaired) electrons. The van der Waals surface area contributed by atoms with Crippen molar-refractivity contribution < 1.29 is 8.78 Å². The molecule has 5 nitrogen and oxygen atoms in total. The zero-order chi connectivity index (χ0) is 20.0. The molecule has 0 bridgehead atoms. The SMILES string of the molecule is CCNC(=NCCc1cc(F)cc(F)c1)NC(C)Cc1c(C)nn(C)c1C.I. The van der Waals surface area contributed by atoms with Gasteiger partial charge in [0.25, 0.3) is 0 Å². The van der Waals surface area contributed by atoms with E-state index < -0.39 is 11.6 Å². The van der Waals surface area contributed by atoms with Crippen molar-refractivity contribution in [2.75, 3.05) is 13.1 Å². The van der Waals surface area contributed by atoms with Crippen LogP contribution in [0.1, 0.15) is 36.4 Å². The Morgan fingerprint density at radius 2 is 1.86 bits per heavy atom. The molecule has 1 aromatic heterocycles. The zero-order valence-electron chi connectivity index (χ0n) is 17.1. The lowest BCUT2D eigenvalue weighted by Crippen LogP contribution is -2.43. The van der Waals surface area contributed by atoms with Crippen molar-refractivity contribution >= 4 is 29.9 Å². The minimum Gasteiger partial charge on any atom is -0.357 e. The summed E-state index contributed by atoms with van der Waals surface area (Å²) < 4.78 is 28.4. The fourth-order valence-corrected chi connectivity index (χ4v) is 3.08. The van der Waals surface area contributed by atoms with Crippen molar-refractivity contribution in [3.8, 4) is 0 Å². The maximum Gasteiger partial charge on any atom is 0.191 e. The molecule has 0 aliphatic rings. The standard InChI is InChI=1S/C20H29F2N5.HI/c1-6-23-20(24-8-7-16-10-17(21)12-18(22)11-16)25-13(2)9-19-14(3)26-27(5)15(19)4;/h10-13H,6-9H2,1-5H3,(H2,23,24,25);1H. The molecule has 0 saturated heterocycles. The van der Waals surface area contributed by atoms with Crippen molar-refractivity contribution in [2.45, 2.75) is 46.6 Å². The molecule has 1 atom stereocenters. The zero-order valence-corrected chi connectivity index (χ0v) is 19.5. The number of halogens is 3. The van der Waals surface area contributed by atoms with E-state index in [-0.39, 0.29) is 30.0 Å². The van der Waals surface area contributed by atoms with E-state index in [0.717, 1.165) is 30.4 Å². The molecule has 2 N–H and O–H groups in total. The first-order valence-corrected chi connectivity index (χ1v) is 9.29. The summed E-state index contributed by atoms with van der Waals surface area (Å²) in [5, 5.41) is 11.1. The van der Waals surface area contributed by atoms with Crippen LogP contribution in [0.2, 0.25) is 0 Å². The van der Waals surface area contributed by atoms with Gasteiger partial charge in [-0.05, 0) is 63.8 Å². The fraction of sp³-hybridized carbons (Fsp3) is 0.500. The largest absolute Gasteiger partial charge is 0.357 e. The molecule has 0 aliphatic carbocycles. The van der Waals surface area contributed by atoms with E-state index in [1.807, 2.05) is 25.6 Å². The molecule has 8 heteroatoms. The third-order valence-corrected chi connectivity index (χ3v) is 4.49. The van der Waals surface area contributed by atoms with Crippen molar-refractivity contribution in [1.29, 1.82) is 0 Å². The maximum absolute atomic E-state index is 13.3. The molecule has 156 valence electrons. The predicted octanol–water partition coefficient (Wildman–Crippen LogP) is 3.66. The van der Waals surface area contributed by atoms with E-state index >= 15 is 0 Å². The van der Waals surface area contributed by atoms with Gasteiger partial charge in [0.2, 0.25) is 0 Å². The molecular weight excluding hydrogens is 475 g/mol. The first-order valence-electron chi connectivity index (χ1n) is 9.29. The average molecular weight is 505 g/mol. The molecule has 0 amide bonds. The Morgan fingerprint density at radius 1 is 1.21 bits per heavy atom. The molecule has 28 heavy (non-hydrogen) atoms.